The Kier molecular flexibility index (Phi) is 6.84. The first-order valence-corrected chi connectivity index (χ1v) is 10.6. The van der Waals surface area contributed by atoms with Crippen LogP contribution < -0.4 is 5.32 Å². The van der Waals surface area contributed by atoms with E-state index in [-0.39, 0.29) is 11.8 Å². The maximum atomic E-state index is 12.6. The first-order valence-electron chi connectivity index (χ1n) is 8.74. The van der Waals surface area contributed by atoms with E-state index in [1.54, 1.807) is 36.4 Å². The van der Waals surface area contributed by atoms with Crippen LogP contribution in [0.1, 0.15) is 16.1 Å². The molecule has 2 amide bonds. The van der Waals surface area contributed by atoms with E-state index in [9.17, 15) is 9.59 Å². The molecule has 0 unspecified atom stereocenters. The molecule has 7 heteroatoms. The number of aromatic nitrogens is 1. The van der Waals surface area contributed by atoms with Crippen LogP contribution in [0.15, 0.2) is 64.9 Å². The highest BCUT2D eigenvalue weighted by Crippen LogP contribution is 2.24. The van der Waals surface area contributed by atoms with Gasteiger partial charge in [-0.3, -0.25) is 9.59 Å². The molecule has 0 spiro atoms. The molecule has 5 nitrogen and oxygen atoms in total. The van der Waals surface area contributed by atoms with Gasteiger partial charge in [-0.25, -0.2) is 4.98 Å². The second-order valence-electron chi connectivity index (χ2n) is 6.27. The number of rotatable bonds is 7. The van der Waals surface area contributed by atoms with Crippen LogP contribution in [0, 0.1) is 0 Å². The molecule has 0 radical (unpaired) electrons. The van der Waals surface area contributed by atoms with Crippen LogP contribution >= 0.6 is 23.1 Å². The second-order valence-corrected chi connectivity index (χ2v) is 8.14. The van der Waals surface area contributed by atoms with Gasteiger partial charge in [0.15, 0.2) is 0 Å². The Balaban J connectivity index is 1.63. The van der Waals surface area contributed by atoms with Gasteiger partial charge in [-0.15, -0.1) is 23.1 Å². The van der Waals surface area contributed by atoms with E-state index < -0.39 is 0 Å². The molecule has 2 aromatic carbocycles. The SMILES string of the molecule is CN(C)C(=O)CSc1ccccc1C(=O)NCc1csc(-c2ccccc2)n1. The van der Waals surface area contributed by atoms with Gasteiger partial charge in [0.25, 0.3) is 5.91 Å². The summed E-state index contributed by atoms with van der Waals surface area (Å²) in [5.41, 5.74) is 2.46. The van der Waals surface area contributed by atoms with Crippen LogP contribution in [-0.2, 0) is 11.3 Å². The third-order valence-electron chi connectivity index (χ3n) is 3.98. The first kappa shape index (κ1) is 20.1. The first-order chi connectivity index (χ1) is 13.5. The van der Waals surface area contributed by atoms with Gasteiger partial charge in [-0.05, 0) is 12.1 Å². The highest BCUT2D eigenvalue weighted by atomic mass is 32.2. The predicted octanol–water partition coefficient (Wildman–Crippen LogP) is 3.92. The van der Waals surface area contributed by atoms with Crippen molar-refractivity contribution in [2.24, 2.45) is 0 Å². The topological polar surface area (TPSA) is 62.3 Å². The lowest BCUT2D eigenvalue weighted by molar-refractivity contribution is -0.125. The summed E-state index contributed by atoms with van der Waals surface area (Å²) in [6.07, 6.45) is 0. The molecule has 0 atom stereocenters. The molecular weight excluding hydrogens is 390 g/mol. The van der Waals surface area contributed by atoms with Crippen LogP contribution in [0.25, 0.3) is 10.6 Å². The molecule has 1 N–H and O–H groups in total. The van der Waals surface area contributed by atoms with Crippen LogP contribution in [-0.4, -0.2) is 41.5 Å². The maximum absolute atomic E-state index is 12.6. The standard InChI is InChI=1S/C21H21N3O2S2/c1-24(2)19(25)14-27-18-11-7-6-10-17(18)20(26)22-12-16-13-28-21(23-16)15-8-4-3-5-9-15/h3-11,13H,12,14H2,1-2H3,(H,22,26). The molecule has 0 aliphatic carbocycles. The third-order valence-corrected chi connectivity index (χ3v) is 5.98. The van der Waals surface area contributed by atoms with Crippen molar-refractivity contribution in [3.05, 3.63) is 71.2 Å². The quantitative estimate of drug-likeness (QED) is 0.599. The summed E-state index contributed by atoms with van der Waals surface area (Å²) < 4.78 is 0. The molecule has 1 heterocycles. The zero-order valence-corrected chi connectivity index (χ0v) is 17.3. The summed E-state index contributed by atoms with van der Waals surface area (Å²) in [6.45, 7) is 0.359. The predicted molar refractivity (Wildman–Crippen MR) is 115 cm³/mol. The average molecular weight is 412 g/mol. The van der Waals surface area contributed by atoms with Crippen LogP contribution in [0.3, 0.4) is 0 Å². The van der Waals surface area contributed by atoms with Crippen molar-refractivity contribution in [3.63, 3.8) is 0 Å². The summed E-state index contributed by atoms with van der Waals surface area (Å²) in [4.78, 5) is 31.4. The lowest BCUT2D eigenvalue weighted by Gasteiger charge is -2.12. The number of thiazole rings is 1. The fourth-order valence-electron chi connectivity index (χ4n) is 2.42. The Bertz CT molecular complexity index is 955. The van der Waals surface area contributed by atoms with E-state index in [1.807, 2.05) is 53.9 Å². The fourth-order valence-corrected chi connectivity index (χ4v) is 4.27. The van der Waals surface area contributed by atoms with E-state index in [2.05, 4.69) is 10.3 Å². The van der Waals surface area contributed by atoms with Crippen molar-refractivity contribution in [2.75, 3.05) is 19.8 Å². The Morgan fingerprint density at radius 3 is 2.54 bits per heavy atom. The number of benzene rings is 2. The number of nitrogens with one attached hydrogen (secondary N) is 1. The molecule has 0 aliphatic heterocycles. The van der Waals surface area contributed by atoms with Gasteiger partial charge in [0.1, 0.15) is 5.01 Å². The number of thioether (sulfide) groups is 1. The molecule has 0 fully saturated rings. The van der Waals surface area contributed by atoms with Crippen molar-refractivity contribution in [3.8, 4) is 10.6 Å². The summed E-state index contributed by atoms with van der Waals surface area (Å²) in [5.74, 6) is 0.134. The average Bonchev–Trinajstić information content (AvgIpc) is 3.20. The van der Waals surface area contributed by atoms with Crippen molar-refractivity contribution in [1.29, 1.82) is 0 Å². The van der Waals surface area contributed by atoms with E-state index in [4.69, 9.17) is 0 Å². The summed E-state index contributed by atoms with van der Waals surface area (Å²) in [5, 5.41) is 5.82. The highest BCUT2D eigenvalue weighted by molar-refractivity contribution is 8.00. The molecular formula is C21H21N3O2S2. The number of carbonyl (C=O) groups excluding carboxylic acids is 2. The largest absolute Gasteiger partial charge is 0.348 e. The number of amides is 2. The summed E-state index contributed by atoms with van der Waals surface area (Å²) in [7, 11) is 3.44. The lowest BCUT2D eigenvalue weighted by Crippen LogP contribution is -2.25. The molecule has 0 saturated carbocycles. The zero-order chi connectivity index (χ0) is 19.9. The minimum absolute atomic E-state index is 0.0103. The van der Waals surface area contributed by atoms with Gasteiger partial charge < -0.3 is 10.2 Å². The Morgan fingerprint density at radius 1 is 1.07 bits per heavy atom. The van der Waals surface area contributed by atoms with Gasteiger partial charge in [-0.2, -0.15) is 0 Å². The third kappa shape index (κ3) is 5.21. The van der Waals surface area contributed by atoms with Gasteiger partial charge in [0.2, 0.25) is 5.91 Å². The van der Waals surface area contributed by atoms with E-state index >= 15 is 0 Å². The molecule has 144 valence electrons. The lowest BCUT2D eigenvalue weighted by atomic mass is 10.2. The summed E-state index contributed by atoms with van der Waals surface area (Å²) in [6, 6.07) is 17.3. The number of nitrogens with zero attached hydrogens (tertiary/aromatic N) is 2. The van der Waals surface area contributed by atoms with Crippen molar-refractivity contribution >= 4 is 34.9 Å². The number of hydrogen-bond acceptors (Lipinski definition) is 5. The fraction of sp³-hybridized carbons (Fsp3) is 0.190. The Morgan fingerprint density at radius 2 is 1.79 bits per heavy atom. The Hall–Kier alpha value is -2.64. The number of carbonyl (C=O) groups is 2. The van der Waals surface area contributed by atoms with E-state index in [0.29, 0.717) is 17.9 Å². The van der Waals surface area contributed by atoms with Gasteiger partial charge >= 0.3 is 0 Å². The van der Waals surface area contributed by atoms with E-state index in [1.165, 1.54) is 11.8 Å². The van der Waals surface area contributed by atoms with Crippen LogP contribution in [0.2, 0.25) is 0 Å². The minimum Gasteiger partial charge on any atom is -0.348 e. The molecule has 0 saturated heterocycles. The van der Waals surface area contributed by atoms with Crippen molar-refractivity contribution in [2.45, 2.75) is 11.4 Å². The normalized spacial score (nSPS) is 10.5. The Labute approximate surface area is 172 Å². The molecule has 1 aromatic heterocycles. The van der Waals surface area contributed by atoms with Crippen molar-refractivity contribution in [1.82, 2.24) is 15.2 Å². The molecule has 28 heavy (non-hydrogen) atoms. The van der Waals surface area contributed by atoms with Crippen molar-refractivity contribution < 1.29 is 9.59 Å². The molecule has 3 aromatic rings. The molecule has 3 rings (SSSR count). The molecule has 0 aliphatic rings. The second kappa shape index (κ2) is 9.52. The maximum Gasteiger partial charge on any atom is 0.252 e. The van der Waals surface area contributed by atoms with Crippen LogP contribution in [0.4, 0.5) is 0 Å². The monoisotopic (exact) mass is 411 g/mol. The van der Waals surface area contributed by atoms with Crippen LogP contribution in [0.5, 0.6) is 0 Å². The summed E-state index contributed by atoms with van der Waals surface area (Å²) >= 11 is 2.93. The zero-order valence-electron chi connectivity index (χ0n) is 15.7. The van der Waals surface area contributed by atoms with E-state index in [0.717, 1.165) is 21.2 Å². The smallest absolute Gasteiger partial charge is 0.252 e. The van der Waals surface area contributed by atoms with Gasteiger partial charge in [-0.1, -0.05) is 42.5 Å². The highest BCUT2D eigenvalue weighted by Gasteiger charge is 2.14. The number of hydrogen-bond donors (Lipinski definition) is 1. The van der Waals surface area contributed by atoms with Gasteiger partial charge in [0, 0.05) is 29.9 Å². The minimum atomic E-state index is -0.172. The molecule has 0 bridgehead atoms. The van der Waals surface area contributed by atoms with Gasteiger partial charge in [0.05, 0.1) is 23.6 Å².